The number of aryl methyl sites for hydroxylation is 2. The summed E-state index contributed by atoms with van der Waals surface area (Å²) in [5.74, 6) is -0.141. The average Bonchev–Trinajstić information content (AvgIpc) is 3.11. The molecule has 0 spiro atoms. The van der Waals surface area contributed by atoms with Gasteiger partial charge in [0.15, 0.2) is 5.13 Å². The molecule has 0 saturated carbocycles. The van der Waals surface area contributed by atoms with Crippen molar-refractivity contribution in [3.63, 3.8) is 0 Å². The molecule has 0 unspecified atom stereocenters. The molecule has 6 heteroatoms. The summed E-state index contributed by atoms with van der Waals surface area (Å²) in [5, 5.41) is 17.8. The first-order valence-corrected chi connectivity index (χ1v) is 8.16. The molecule has 2 atom stereocenters. The number of nitrogens with zero attached hydrogens (tertiary/aromatic N) is 1. The van der Waals surface area contributed by atoms with Gasteiger partial charge in [-0.1, -0.05) is 12.1 Å². The number of carbonyl (C=O) groups is 1. The highest BCUT2D eigenvalue weighted by Crippen LogP contribution is 2.26. The van der Waals surface area contributed by atoms with Gasteiger partial charge >= 0.3 is 0 Å². The van der Waals surface area contributed by atoms with Crippen LogP contribution in [0.25, 0.3) is 11.3 Å². The molecule has 1 aliphatic rings. The van der Waals surface area contributed by atoms with Crippen LogP contribution in [0.15, 0.2) is 23.6 Å². The Morgan fingerprint density at radius 3 is 2.91 bits per heavy atom. The van der Waals surface area contributed by atoms with Crippen LogP contribution >= 0.6 is 11.3 Å². The van der Waals surface area contributed by atoms with Crippen molar-refractivity contribution >= 4 is 22.4 Å². The number of β-amino-alcohol motifs (C(OH)–C–C–N with tert-alkyl or cyclic N) is 1. The molecule has 3 N–H and O–H groups in total. The maximum absolute atomic E-state index is 12.1. The van der Waals surface area contributed by atoms with Gasteiger partial charge in [0, 0.05) is 17.5 Å². The molecule has 116 valence electrons. The van der Waals surface area contributed by atoms with E-state index in [0.29, 0.717) is 18.1 Å². The zero-order chi connectivity index (χ0) is 15.7. The number of aromatic nitrogens is 1. The van der Waals surface area contributed by atoms with E-state index >= 15 is 0 Å². The lowest BCUT2D eigenvalue weighted by Gasteiger charge is -2.08. The van der Waals surface area contributed by atoms with Crippen molar-refractivity contribution in [1.82, 2.24) is 10.3 Å². The van der Waals surface area contributed by atoms with Crippen molar-refractivity contribution in [3.8, 4) is 11.3 Å². The number of hydrogen-bond acceptors (Lipinski definition) is 5. The summed E-state index contributed by atoms with van der Waals surface area (Å²) >= 11 is 1.41. The van der Waals surface area contributed by atoms with E-state index in [2.05, 4.69) is 41.6 Å². The second-order valence-electron chi connectivity index (χ2n) is 5.68. The van der Waals surface area contributed by atoms with Crippen LogP contribution in [-0.2, 0) is 4.79 Å². The minimum atomic E-state index is -0.446. The quantitative estimate of drug-likeness (QED) is 0.810. The fourth-order valence-corrected chi connectivity index (χ4v) is 3.20. The number of aliphatic hydroxyl groups is 1. The van der Waals surface area contributed by atoms with Crippen LogP contribution in [0.2, 0.25) is 0 Å². The van der Waals surface area contributed by atoms with E-state index in [1.54, 1.807) is 0 Å². The SMILES string of the molecule is Cc1ccc(-c2csc(NC(=O)[C@@H]3C[C@@H](O)CN3)n2)cc1C. The number of hydrogen-bond donors (Lipinski definition) is 3. The standard InChI is InChI=1S/C16H19N3O2S/c1-9-3-4-11(5-10(9)2)14-8-22-16(18-14)19-15(21)13-6-12(20)7-17-13/h3-5,8,12-13,17,20H,6-7H2,1-2H3,(H,18,19,21)/t12-,13+/m1/s1. The maximum Gasteiger partial charge on any atom is 0.243 e. The van der Waals surface area contributed by atoms with Gasteiger partial charge in [-0.25, -0.2) is 4.98 Å². The fourth-order valence-electron chi connectivity index (χ4n) is 2.47. The van der Waals surface area contributed by atoms with Crippen LogP contribution in [0, 0.1) is 13.8 Å². The van der Waals surface area contributed by atoms with Gasteiger partial charge in [-0.2, -0.15) is 0 Å². The van der Waals surface area contributed by atoms with Gasteiger partial charge in [0.05, 0.1) is 17.8 Å². The normalized spacial score (nSPS) is 21.0. The smallest absolute Gasteiger partial charge is 0.243 e. The number of nitrogens with one attached hydrogen (secondary N) is 2. The van der Waals surface area contributed by atoms with E-state index in [1.165, 1.54) is 22.5 Å². The molecule has 1 saturated heterocycles. The predicted molar refractivity (Wildman–Crippen MR) is 88.1 cm³/mol. The summed E-state index contributed by atoms with van der Waals surface area (Å²) in [7, 11) is 0. The zero-order valence-electron chi connectivity index (χ0n) is 12.6. The first kappa shape index (κ1) is 15.1. The Balaban J connectivity index is 1.71. The molecule has 0 bridgehead atoms. The van der Waals surface area contributed by atoms with Gasteiger partial charge < -0.3 is 15.7 Å². The Bertz CT molecular complexity index is 698. The fraction of sp³-hybridized carbons (Fsp3) is 0.375. The van der Waals surface area contributed by atoms with Crippen molar-refractivity contribution in [3.05, 3.63) is 34.7 Å². The van der Waals surface area contributed by atoms with Gasteiger partial charge in [-0.3, -0.25) is 4.79 Å². The lowest BCUT2D eigenvalue weighted by atomic mass is 10.1. The summed E-state index contributed by atoms with van der Waals surface area (Å²) in [6.07, 6.45) is -0.000510. The highest BCUT2D eigenvalue weighted by Gasteiger charge is 2.28. The van der Waals surface area contributed by atoms with Gasteiger partial charge in [0.25, 0.3) is 0 Å². The van der Waals surface area contributed by atoms with Crippen molar-refractivity contribution in [2.75, 3.05) is 11.9 Å². The third-order valence-corrected chi connectivity index (χ3v) is 4.72. The Hall–Kier alpha value is -1.76. The molecule has 1 aromatic carbocycles. The minimum absolute atomic E-state index is 0.141. The van der Waals surface area contributed by atoms with Gasteiger partial charge in [0.2, 0.25) is 5.91 Å². The highest BCUT2D eigenvalue weighted by atomic mass is 32.1. The van der Waals surface area contributed by atoms with Crippen LogP contribution in [0.1, 0.15) is 17.5 Å². The van der Waals surface area contributed by atoms with Crippen molar-refractivity contribution < 1.29 is 9.90 Å². The number of aliphatic hydroxyl groups excluding tert-OH is 1. The number of rotatable bonds is 3. The molecular formula is C16H19N3O2S. The van der Waals surface area contributed by atoms with Crippen molar-refractivity contribution in [2.24, 2.45) is 0 Å². The van der Waals surface area contributed by atoms with Crippen LogP contribution in [0.5, 0.6) is 0 Å². The van der Waals surface area contributed by atoms with Crippen LogP contribution in [0.4, 0.5) is 5.13 Å². The van der Waals surface area contributed by atoms with Crippen LogP contribution < -0.4 is 10.6 Å². The summed E-state index contributed by atoms with van der Waals surface area (Å²) in [6, 6.07) is 5.87. The number of amides is 1. The van der Waals surface area contributed by atoms with E-state index in [4.69, 9.17) is 0 Å². The maximum atomic E-state index is 12.1. The molecule has 1 aromatic heterocycles. The van der Waals surface area contributed by atoms with E-state index < -0.39 is 6.10 Å². The summed E-state index contributed by atoms with van der Waals surface area (Å²) in [5.41, 5.74) is 4.38. The number of anilines is 1. The van der Waals surface area contributed by atoms with Gasteiger partial charge in [-0.15, -0.1) is 11.3 Å². The number of benzene rings is 1. The molecule has 3 rings (SSSR count). The molecule has 0 aliphatic carbocycles. The zero-order valence-corrected chi connectivity index (χ0v) is 13.4. The first-order chi connectivity index (χ1) is 10.5. The molecule has 22 heavy (non-hydrogen) atoms. The third-order valence-electron chi connectivity index (χ3n) is 3.96. The summed E-state index contributed by atoms with van der Waals surface area (Å²) in [6.45, 7) is 4.61. The Morgan fingerprint density at radius 2 is 2.23 bits per heavy atom. The second-order valence-corrected chi connectivity index (χ2v) is 6.53. The summed E-state index contributed by atoms with van der Waals surface area (Å²) in [4.78, 5) is 16.6. The minimum Gasteiger partial charge on any atom is -0.392 e. The van der Waals surface area contributed by atoms with Gasteiger partial charge in [-0.05, 0) is 37.5 Å². The predicted octanol–water partition coefficient (Wildman–Crippen LogP) is 2.09. The Labute approximate surface area is 133 Å². The van der Waals surface area contributed by atoms with Crippen molar-refractivity contribution in [1.29, 1.82) is 0 Å². The topological polar surface area (TPSA) is 74.2 Å². The van der Waals surface area contributed by atoms with E-state index in [0.717, 1.165) is 11.3 Å². The third kappa shape index (κ3) is 3.19. The lowest BCUT2D eigenvalue weighted by molar-refractivity contribution is -0.117. The average molecular weight is 317 g/mol. The van der Waals surface area contributed by atoms with Crippen molar-refractivity contribution in [2.45, 2.75) is 32.4 Å². The van der Waals surface area contributed by atoms with E-state index in [1.807, 2.05) is 11.4 Å². The Morgan fingerprint density at radius 1 is 1.41 bits per heavy atom. The molecular weight excluding hydrogens is 298 g/mol. The first-order valence-electron chi connectivity index (χ1n) is 7.28. The molecule has 0 radical (unpaired) electrons. The number of carbonyl (C=O) groups excluding carboxylic acids is 1. The molecule has 2 heterocycles. The second kappa shape index (κ2) is 6.16. The molecule has 1 aliphatic heterocycles. The van der Waals surface area contributed by atoms with E-state index in [9.17, 15) is 9.90 Å². The Kier molecular flexibility index (Phi) is 4.24. The monoisotopic (exact) mass is 317 g/mol. The summed E-state index contributed by atoms with van der Waals surface area (Å²) < 4.78 is 0. The molecule has 5 nitrogen and oxygen atoms in total. The number of thiazole rings is 1. The molecule has 2 aromatic rings. The largest absolute Gasteiger partial charge is 0.392 e. The van der Waals surface area contributed by atoms with E-state index in [-0.39, 0.29) is 11.9 Å². The molecule has 1 amide bonds. The van der Waals surface area contributed by atoms with Gasteiger partial charge in [0.1, 0.15) is 0 Å². The molecule has 1 fully saturated rings. The van der Waals surface area contributed by atoms with Crippen LogP contribution in [-0.4, -0.2) is 34.7 Å². The van der Waals surface area contributed by atoms with Crippen LogP contribution in [0.3, 0.4) is 0 Å². The highest BCUT2D eigenvalue weighted by molar-refractivity contribution is 7.14. The lowest BCUT2D eigenvalue weighted by Crippen LogP contribution is -2.35.